The Morgan fingerprint density at radius 2 is 1.75 bits per heavy atom. The van der Waals surface area contributed by atoms with Gasteiger partial charge >= 0.3 is 0 Å². The van der Waals surface area contributed by atoms with Crippen LogP contribution >= 0.6 is 11.8 Å². The summed E-state index contributed by atoms with van der Waals surface area (Å²) in [6, 6.07) is 12.2. The molecule has 1 N–H and O–H groups in total. The lowest BCUT2D eigenvalue weighted by Crippen LogP contribution is -2.48. The minimum Gasteiger partial charge on any atom is -0.497 e. The standard InChI is InChI=1S/C21H25N3O6S2/c1-15(31-19-7-3-17(4-8-19)24(26)27)21(25)22-16-11-13-23(14-12-16)32(28,29)20-9-5-18(30-2)6-10-20/h3-10,15-16H,11-14H2,1-2H3,(H,22,25). The average molecular weight is 480 g/mol. The van der Waals surface area contributed by atoms with Gasteiger partial charge in [-0.1, -0.05) is 0 Å². The van der Waals surface area contributed by atoms with Crippen molar-refractivity contribution in [1.29, 1.82) is 0 Å². The summed E-state index contributed by atoms with van der Waals surface area (Å²) >= 11 is 1.31. The van der Waals surface area contributed by atoms with Gasteiger partial charge in [-0.05, 0) is 56.2 Å². The van der Waals surface area contributed by atoms with Gasteiger partial charge < -0.3 is 10.1 Å². The van der Waals surface area contributed by atoms with Crippen molar-refractivity contribution in [2.24, 2.45) is 0 Å². The van der Waals surface area contributed by atoms with Crippen LogP contribution in [0.1, 0.15) is 19.8 Å². The summed E-state index contributed by atoms with van der Waals surface area (Å²) in [6.07, 6.45) is 1.05. The normalized spacial score (nSPS) is 16.3. The van der Waals surface area contributed by atoms with E-state index in [0.29, 0.717) is 31.7 Å². The van der Waals surface area contributed by atoms with Crippen LogP contribution in [-0.4, -0.2) is 55.0 Å². The highest BCUT2D eigenvalue weighted by molar-refractivity contribution is 8.00. The largest absolute Gasteiger partial charge is 0.497 e. The Labute approximate surface area is 191 Å². The second kappa shape index (κ2) is 10.3. The molecule has 0 bridgehead atoms. The summed E-state index contributed by atoms with van der Waals surface area (Å²) in [5.41, 5.74) is 0.00260. The molecule has 172 valence electrons. The molecule has 1 atom stereocenters. The molecular weight excluding hydrogens is 454 g/mol. The van der Waals surface area contributed by atoms with E-state index in [2.05, 4.69) is 5.32 Å². The molecule has 3 rings (SSSR count). The van der Waals surface area contributed by atoms with E-state index in [1.54, 1.807) is 31.2 Å². The molecule has 1 aliphatic heterocycles. The van der Waals surface area contributed by atoms with Crippen molar-refractivity contribution < 1.29 is 22.9 Å². The number of thioether (sulfide) groups is 1. The fourth-order valence-corrected chi connectivity index (χ4v) is 5.71. The van der Waals surface area contributed by atoms with E-state index >= 15 is 0 Å². The van der Waals surface area contributed by atoms with Gasteiger partial charge in [0.2, 0.25) is 15.9 Å². The number of ether oxygens (including phenoxy) is 1. The van der Waals surface area contributed by atoms with E-state index in [1.165, 1.54) is 47.4 Å². The number of hydrogen-bond donors (Lipinski definition) is 1. The number of nitrogens with zero attached hydrogens (tertiary/aromatic N) is 2. The van der Waals surface area contributed by atoms with Crippen LogP contribution in [0.3, 0.4) is 0 Å². The Balaban J connectivity index is 1.51. The predicted molar refractivity (Wildman–Crippen MR) is 121 cm³/mol. The number of methoxy groups -OCH3 is 1. The van der Waals surface area contributed by atoms with Crippen molar-refractivity contribution in [2.75, 3.05) is 20.2 Å². The maximum absolute atomic E-state index is 12.8. The minimum atomic E-state index is -3.59. The van der Waals surface area contributed by atoms with Crippen molar-refractivity contribution in [3.63, 3.8) is 0 Å². The van der Waals surface area contributed by atoms with Gasteiger partial charge in [0, 0.05) is 36.2 Å². The van der Waals surface area contributed by atoms with Crippen LogP contribution in [0.2, 0.25) is 0 Å². The first-order chi connectivity index (χ1) is 15.2. The number of nitro groups is 1. The Bertz CT molecular complexity index is 1050. The smallest absolute Gasteiger partial charge is 0.269 e. The van der Waals surface area contributed by atoms with Crippen molar-refractivity contribution in [3.8, 4) is 5.75 Å². The Morgan fingerprint density at radius 1 is 1.16 bits per heavy atom. The van der Waals surface area contributed by atoms with E-state index in [1.807, 2.05) is 0 Å². The number of piperidine rings is 1. The molecule has 0 aliphatic carbocycles. The summed E-state index contributed by atoms with van der Waals surface area (Å²) in [7, 11) is -2.07. The van der Waals surface area contributed by atoms with Crippen LogP contribution in [0.15, 0.2) is 58.3 Å². The SMILES string of the molecule is COc1ccc(S(=O)(=O)N2CCC(NC(=O)C(C)Sc3ccc([N+](=O)[O-])cc3)CC2)cc1. The molecule has 2 aromatic rings. The maximum Gasteiger partial charge on any atom is 0.269 e. The molecule has 0 spiro atoms. The number of sulfonamides is 1. The van der Waals surface area contributed by atoms with Gasteiger partial charge in [0.15, 0.2) is 0 Å². The van der Waals surface area contributed by atoms with Crippen LogP contribution < -0.4 is 10.1 Å². The van der Waals surface area contributed by atoms with Gasteiger partial charge in [0.25, 0.3) is 5.69 Å². The number of nitrogens with one attached hydrogen (secondary N) is 1. The zero-order valence-corrected chi connectivity index (χ0v) is 19.4. The highest BCUT2D eigenvalue weighted by Crippen LogP contribution is 2.26. The van der Waals surface area contributed by atoms with Gasteiger partial charge in [-0.15, -0.1) is 11.8 Å². The predicted octanol–water partition coefficient (Wildman–Crippen LogP) is 3.05. The molecule has 2 aromatic carbocycles. The Kier molecular flexibility index (Phi) is 7.75. The zero-order chi connectivity index (χ0) is 23.3. The summed E-state index contributed by atoms with van der Waals surface area (Å²) in [5.74, 6) is 0.441. The highest BCUT2D eigenvalue weighted by Gasteiger charge is 2.30. The molecule has 32 heavy (non-hydrogen) atoms. The van der Waals surface area contributed by atoms with E-state index < -0.39 is 20.2 Å². The quantitative estimate of drug-likeness (QED) is 0.351. The molecule has 0 radical (unpaired) electrons. The molecule has 0 saturated carbocycles. The molecule has 1 fully saturated rings. The van der Waals surface area contributed by atoms with E-state index in [9.17, 15) is 23.3 Å². The molecule has 1 amide bonds. The summed E-state index contributed by atoms with van der Waals surface area (Å²) in [5, 5.41) is 13.3. The fraction of sp³-hybridized carbons (Fsp3) is 0.381. The molecule has 9 nitrogen and oxygen atoms in total. The van der Waals surface area contributed by atoms with Crippen molar-refractivity contribution in [3.05, 3.63) is 58.6 Å². The van der Waals surface area contributed by atoms with Crippen molar-refractivity contribution >= 4 is 33.4 Å². The molecule has 0 aromatic heterocycles. The van der Waals surface area contributed by atoms with Crippen LogP contribution in [0, 0.1) is 10.1 Å². The molecule has 1 unspecified atom stereocenters. The number of carbonyl (C=O) groups is 1. The third kappa shape index (κ3) is 5.78. The summed E-state index contributed by atoms with van der Waals surface area (Å²) < 4.78 is 32.2. The van der Waals surface area contributed by atoms with Gasteiger partial charge in [-0.25, -0.2) is 8.42 Å². The van der Waals surface area contributed by atoms with Gasteiger partial charge in [0.1, 0.15) is 5.75 Å². The number of rotatable bonds is 8. The Hall–Kier alpha value is -2.63. The van der Waals surface area contributed by atoms with Gasteiger partial charge in [0.05, 0.1) is 22.2 Å². The Morgan fingerprint density at radius 3 is 2.28 bits per heavy atom. The third-order valence-corrected chi connectivity index (χ3v) is 8.25. The van der Waals surface area contributed by atoms with Crippen LogP contribution in [0.25, 0.3) is 0 Å². The summed E-state index contributed by atoms with van der Waals surface area (Å²) in [6.45, 7) is 2.41. The van der Waals surface area contributed by atoms with Gasteiger partial charge in [-0.3, -0.25) is 14.9 Å². The van der Waals surface area contributed by atoms with Crippen LogP contribution in [0.4, 0.5) is 5.69 Å². The second-order valence-corrected chi connectivity index (χ2v) is 10.7. The van der Waals surface area contributed by atoms with Crippen LogP contribution in [0.5, 0.6) is 5.75 Å². The molecule has 11 heteroatoms. The third-order valence-electron chi connectivity index (χ3n) is 5.23. The average Bonchev–Trinajstić information content (AvgIpc) is 2.79. The minimum absolute atomic E-state index is 0.00260. The second-order valence-electron chi connectivity index (χ2n) is 7.37. The lowest BCUT2D eigenvalue weighted by Gasteiger charge is -2.32. The van der Waals surface area contributed by atoms with E-state index in [4.69, 9.17) is 4.74 Å². The monoisotopic (exact) mass is 479 g/mol. The molecule has 1 saturated heterocycles. The number of carbonyl (C=O) groups excluding carboxylic acids is 1. The number of benzene rings is 2. The lowest BCUT2D eigenvalue weighted by atomic mass is 10.1. The topological polar surface area (TPSA) is 119 Å². The number of amides is 1. The molecular formula is C21H25N3O6S2. The number of nitro benzene ring substituents is 1. The number of non-ortho nitro benzene ring substituents is 1. The highest BCUT2D eigenvalue weighted by atomic mass is 32.2. The first-order valence-electron chi connectivity index (χ1n) is 10.1. The first kappa shape index (κ1) is 24.0. The van der Waals surface area contributed by atoms with E-state index in [-0.39, 0.29) is 22.5 Å². The zero-order valence-electron chi connectivity index (χ0n) is 17.8. The lowest BCUT2D eigenvalue weighted by molar-refractivity contribution is -0.384. The fourth-order valence-electron chi connectivity index (χ4n) is 3.36. The maximum atomic E-state index is 12.8. The summed E-state index contributed by atoms with van der Waals surface area (Å²) in [4.78, 5) is 23.8. The van der Waals surface area contributed by atoms with Crippen LogP contribution in [-0.2, 0) is 14.8 Å². The van der Waals surface area contributed by atoms with Crippen molar-refractivity contribution in [1.82, 2.24) is 9.62 Å². The molecule has 1 aliphatic rings. The molecule has 1 heterocycles. The number of hydrogen-bond acceptors (Lipinski definition) is 7. The first-order valence-corrected chi connectivity index (χ1v) is 12.4. The van der Waals surface area contributed by atoms with Crippen molar-refractivity contribution in [2.45, 2.75) is 40.8 Å². The van der Waals surface area contributed by atoms with E-state index in [0.717, 1.165) is 4.90 Å². The van der Waals surface area contributed by atoms with Gasteiger partial charge in [-0.2, -0.15) is 4.31 Å².